The Bertz CT molecular complexity index is 598. The smallest absolute Gasteiger partial charge is 0.241 e. The van der Waals surface area contributed by atoms with Gasteiger partial charge in [0.25, 0.3) is 0 Å². The van der Waals surface area contributed by atoms with E-state index in [2.05, 4.69) is 0 Å². The zero-order chi connectivity index (χ0) is 13.1. The molecule has 1 unspecified atom stereocenters. The van der Waals surface area contributed by atoms with E-state index in [1.54, 1.807) is 17.9 Å². The fourth-order valence-electron chi connectivity index (χ4n) is 2.80. The van der Waals surface area contributed by atoms with Gasteiger partial charge in [0.15, 0.2) is 5.78 Å². The lowest BCUT2D eigenvalue weighted by atomic mass is 9.82. The van der Waals surface area contributed by atoms with Gasteiger partial charge in [0.2, 0.25) is 5.91 Å². The Morgan fingerprint density at radius 1 is 1.17 bits per heavy atom. The van der Waals surface area contributed by atoms with Crippen molar-refractivity contribution in [2.24, 2.45) is 5.92 Å². The molecule has 0 N–H and O–H groups in total. The molecule has 18 heavy (non-hydrogen) atoms. The van der Waals surface area contributed by atoms with Crippen molar-refractivity contribution in [2.45, 2.75) is 26.2 Å². The highest BCUT2D eigenvalue weighted by Gasteiger charge is 2.47. The second kappa shape index (κ2) is 3.31. The van der Waals surface area contributed by atoms with Gasteiger partial charge in [-0.05, 0) is 18.6 Å². The van der Waals surface area contributed by atoms with E-state index in [9.17, 15) is 9.59 Å². The Labute approximate surface area is 106 Å². The van der Waals surface area contributed by atoms with Gasteiger partial charge in [0, 0.05) is 17.2 Å². The monoisotopic (exact) mass is 241 g/mol. The van der Waals surface area contributed by atoms with Gasteiger partial charge < -0.3 is 0 Å². The van der Waals surface area contributed by atoms with E-state index in [0.717, 1.165) is 16.9 Å². The summed E-state index contributed by atoms with van der Waals surface area (Å²) in [5.41, 5.74) is 2.53. The molecule has 1 atom stereocenters. The number of benzene rings is 1. The number of rotatable bonds is 0. The Balaban J connectivity index is 2.30. The van der Waals surface area contributed by atoms with Crippen LogP contribution in [-0.2, 0) is 15.0 Å². The fraction of sp³-hybridized carbons (Fsp3) is 0.333. The molecule has 3 heteroatoms. The average molecular weight is 241 g/mol. The molecule has 0 aliphatic carbocycles. The van der Waals surface area contributed by atoms with Crippen molar-refractivity contribution in [1.29, 1.82) is 0 Å². The summed E-state index contributed by atoms with van der Waals surface area (Å²) in [6, 6.07) is 7.86. The predicted molar refractivity (Wildman–Crippen MR) is 69.2 cm³/mol. The summed E-state index contributed by atoms with van der Waals surface area (Å²) in [7, 11) is 0. The van der Waals surface area contributed by atoms with Crippen LogP contribution < -0.4 is 4.90 Å². The maximum atomic E-state index is 12.3. The van der Waals surface area contributed by atoms with Gasteiger partial charge in [-0.15, -0.1) is 0 Å². The Morgan fingerprint density at radius 2 is 1.83 bits per heavy atom. The molecule has 0 spiro atoms. The summed E-state index contributed by atoms with van der Waals surface area (Å²) >= 11 is 0. The van der Waals surface area contributed by atoms with Crippen molar-refractivity contribution in [3.05, 3.63) is 41.6 Å². The highest BCUT2D eigenvalue weighted by atomic mass is 16.2. The molecule has 0 aromatic heterocycles. The maximum absolute atomic E-state index is 12.3. The zero-order valence-electron chi connectivity index (χ0n) is 10.7. The van der Waals surface area contributed by atoms with E-state index < -0.39 is 5.92 Å². The first kappa shape index (κ1) is 11.2. The zero-order valence-corrected chi connectivity index (χ0v) is 10.7. The SMILES string of the molecule is CC1C(=O)C=C2N(C1=O)c1ccccc1C2(C)C. The molecular weight excluding hydrogens is 226 g/mol. The molecule has 0 saturated carbocycles. The van der Waals surface area contributed by atoms with Crippen LogP contribution in [0.4, 0.5) is 5.69 Å². The van der Waals surface area contributed by atoms with Crippen LogP contribution in [0.25, 0.3) is 0 Å². The van der Waals surface area contributed by atoms with Gasteiger partial charge >= 0.3 is 0 Å². The maximum Gasteiger partial charge on any atom is 0.241 e. The number of anilines is 1. The van der Waals surface area contributed by atoms with Gasteiger partial charge in [-0.25, -0.2) is 0 Å². The molecule has 0 bridgehead atoms. The number of hydrogen-bond donors (Lipinski definition) is 0. The minimum absolute atomic E-state index is 0.0906. The van der Waals surface area contributed by atoms with E-state index in [0.29, 0.717) is 0 Å². The summed E-state index contributed by atoms with van der Waals surface area (Å²) in [6.07, 6.45) is 1.63. The van der Waals surface area contributed by atoms with E-state index in [-0.39, 0.29) is 17.1 Å². The molecule has 1 aromatic rings. The van der Waals surface area contributed by atoms with Gasteiger partial charge in [-0.1, -0.05) is 32.0 Å². The standard InChI is InChI=1S/C15H15NO2/c1-9-12(17)8-13-15(2,3)10-6-4-5-7-11(10)16(13)14(9)18/h4-9H,1-3H3. The highest BCUT2D eigenvalue weighted by Crippen LogP contribution is 2.49. The number of carbonyl (C=O) groups excluding carboxylic acids is 2. The van der Waals surface area contributed by atoms with Crippen LogP contribution in [0.15, 0.2) is 36.0 Å². The Morgan fingerprint density at radius 3 is 2.56 bits per heavy atom. The first-order chi connectivity index (χ1) is 8.44. The Hall–Kier alpha value is -1.90. The number of allylic oxidation sites excluding steroid dienone is 2. The third kappa shape index (κ3) is 1.19. The molecule has 0 fully saturated rings. The van der Waals surface area contributed by atoms with Crippen molar-refractivity contribution >= 4 is 17.4 Å². The lowest BCUT2D eigenvalue weighted by Crippen LogP contribution is -2.42. The molecule has 2 aliphatic heterocycles. The molecular formula is C15H15NO2. The number of nitrogens with zero attached hydrogens (tertiary/aromatic N) is 1. The Kier molecular flexibility index (Phi) is 2.06. The van der Waals surface area contributed by atoms with Crippen molar-refractivity contribution in [1.82, 2.24) is 0 Å². The molecule has 3 rings (SSSR count). The third-order valence-electron chi connectivity index (χ3n) is 4.00. The van der Waals surface area contributed by atoms with Crippen molar-refractivity contribution in [3.8, 4) is 0 Å². The predicted octanol–water partition coefficient (Wildman–Crippen LogP) is 2.41. The van der Waals surface area contributed by atoms with E-state index >= 15 is 0 Å². The van der Waals surface area contributed by atoms with Crippen molar-refractivity contribution in [2.75, 3.05) is 4.90 Å². The van der Waals surface area contributed by atoms with Gasteiger partial charge in [-0.3, -0.25) is 14.5 Å². The molecule has 1 amide bonds. The van der Waals surface area contributed by atoms with Crippen LogP contribution in [0.2, 0.25) is 0 Å². The molecule has 2 heterocycles. The summed E-state index contributed by atoms with van der Waals surface area (Å²) < 4.78 is 0. The summed E-state index contributed by atoms with van der Waals surface area (Å²) in [4.78, 5) is 25.9. The minimum atomic E-state index is -0.573. The second-order valence-electron chi connectivity index (χ2n) is 5.47. The van der Waals surface area contributed by atoms with Crippen LogP contribution >= 0.6 is 0 Å². The van der Waals surface area contributed by atoms with E-state index in [4.69, 9.17) is 0 Å². The average Bonchev–Trinajstić information content (AvgIpc) is 2.56. The van der Waals surface area contributed by atoms with Crippen LogP contribution in [0.3, 0.4) is 0 Å². The van der Waals surface area contributed by atoms with Crippen molar-refractivity contribution < 1.29 is 9.59 Å². The number of carbonyl (C=O) groups is 2. The number of para-hydroxylation sites is 1. The number of ketones is 1. The lowest BCUT2D eigenvalue weighted by molar-refractivity contribution is -0.129. The largest absolute Gasteiger partial charge is 0.294 e. The first-order valence-corrected chi connectivity index (χ1v) is 6.14. The van der Waals surface area contributed by atoms with Crippen LogP contribution in [0.5, 0.6) is 0 Å². The minimum Gasteiger partial charge on any atom is -0.294 e. The van der Waals surface area contributed by atoms with Gasteiger partial charge in [0.05, 0.1) is 11.6 Å². The third-order valence-corrected chi connectivity index (χ3v) is 4.00. The lowest BCUT2D eigenvalue weighted by Gasteiger charge is -2.30. The van der Waals surface area contributed by atoms with Crippen LogP contribution in [0.1, 0.15) is 26.3 Å². The van der Waals surface area contributed by atoms with Crippen LogP contribution in [0, 0.1) is 5.92 Å². The second-order valence-corrected chi connectivity index (χ2v) is 5.47. The van der Waals surface area contributed by atoms with Crippen LogP contribution in [-0.4, -0.2) is 11.7 Å². The molecule has 0 radical (unpaired) electrons. The fourth-order valence-corrected chi connectivity index (χ4v) is 2.80. The topological polar surface area (TPSA) is 37.4 Å². The number of hydrogen-bond acceptors (Lipinski definition) is 2. The molecule has 3 nitrogen and oxygen atoms in total. The summed E-state index contributed by atoms with van der Waals surface area (Å²) in [6.45, 7) is 5.77. The van der Waals surface area contributed by atoms with E-state index in [1.807, 2.05) is 38.1 Å². The van der Waals surface area contributed by atoms with Gasteiger partial charge in [-0.2, -0.15) is 0 Å². The summed E-state index contributed by atoms with van der Waals surface area (Å²) in [5.74, 6) is -0.779. The highest BCUT2D eigenvalue weighted by molar-refractivity contribution is 6.18. The van der Waals surface area contributed by atoms with E-state index in [1.165, 1.54) is 0 Å². The van der Waals surface area contributed by atoms with Crippen molar-refractivity contribution in [3.63, 3.8) is 0 Å². The summed E-state index contributed by atoms with van der Waals surface area (Å²) in [5, 5.41) is 0. The van der Waals surface area contributed by atoms with Gasteiger partial charge in [0.1, 0.15) is 0 Å². The first-order valence-electron chi connectivity index (χ1n) is 6.14. The molecule has 1 aromatic carbocycles. The normalized spacial score (nSPS) is 24.7. The molecule has 92 valence electrons. The molecule has 2 aliphatic rings. The number of fused-ring (bicyclic) bond motifs is 3. The quantitative estimate of drug-likeness (QED) is 0.654. The molecule has 0 saturated heterocycles. The number of amides is 1.